The molecule has 3 aromatic carbocycles. The summed E-state index contributed by atoms with van der Waals surface area (Å²) in [5, 5.41) is 2.83. The molecule has 1 aliphatic heterocycles. The highest BCUT2D eigenvalue weighted by Gasteiger charge is 2.32. The van der Waals surface area contributed by atoms with Gasteiger partial charge in [-0.15, -0.1) is 0 Å². The first-order valence-corrected chi connectivity index (χ1v) is 10.3. The Morgan fingerprint density at radius 2 is 1.74 bits per heavy atom. The van der Waals surface area contributed by atoms with Gasteiger partial charge in [0.15, 0.2) is 17.3 Å². The first-order chi connectivity index (χ1) is 14.8. The normalized spacial score (nSPS) is 13.8. The molecule has 5 heteroatoms. The fraction of sp³-hybridized carbons (Fsp3) is 0.231. The Bertz CT molecular complexity index is 1130. The quantitative estimate of drug-likeness (QED) is 0.545. The van der Waals surface area contributed by atoms with Gasteiger partial charge in [0.1, 0.15) is 12.2 Å². The Kier molecular flexibility index (Phi) is 5.51. The fourth-order valence-corrected chi connectivity index (χ4v) is 3.63. The monoisotopic (exact) mass is 415 g/mol. The summed E-state index contributed by atoms with van der Waals surface area (Å²) in [5.41, 5.74) is 3.56. The first-order valence-electron chi connectivity index (χ1n) is 10.3. The van der Waals surface area contributed by atoms with Crippen LogP contribution < -0.4 is 14.8 Å². The molecule has 3 aromatic rings. The standard InChI is InChI=1S/C26H25NO4/c1-17(28)20-6-4-8-22(14-20)27-25(29)19-12-10-18(11-13-19)16-30-23-9-5-7-21-15-26(2,3)31-24(21)23/h4-14H,15-16H2,1-3H3,(H,27,29). The number of carbonyl (C=O) groups excluding carboxylic acids is 2. The molecule has 1 N–H and O–H groups in total. The van der Waals surface area contributed by atoms with Crippen molar-refractivity contribution in [2.45, 2.75) is 39.4 Å². The van der Waals surface area contributed by atoms with Crippen LogP contribution in [0.25, 0.3) is 0 Å². The molecular weight excluding hydrogens is 390 g/mol. The maximum absolute atomic E-state index is 12.5. The van der Waals surface area contributed by atoms with E-state index in [4.69, 9.17) is 9.47 Å². The van der Waals surface area contributed by atoms with Gasteiger partial charge in [-0.25, -0.2) is 0 Å². The molecule has 31 heavy (non-hydrogen) atoms. The number of hydrogen-bond acceptors (Lipinski definition) is 4. The molecule has 0 spiro atoms. The van der Waals surface area contributed by atoms with Crippen LogP contribution in [0.5, 0.6) is 11.5 Å². The number of ether oxygens (including phenoxy) is 2. The summed E-state index contributed by atoms with van der Waals surface area (Å²) < 4.78 is 12.0. The van der Waals surface area contributed by atoms with Crippen molar-refractivity contribution in [1.82, 2.24) is 0 Å². The van der Waals surface area contributed by atoms with Gasteiger partial charge < -0.3 is 14.8 Å². The van der Waals surface area contributed by atoms with Crippen LogP contribution in [0.15, 0.2) is 66.7 Å². The minimum absolute atomic E-state index is 0.0431. The zero-order valence-corrected chi connectivity index (χ0v) is 17.9. The lowest BCUT2D eigenvalue weighted by Crippen LogP contribution is -2.24. The molecule has 0 atom stereocenters. The highest BCUT2D eigenvalue weighted by molar-refractivity contribution is 6.05. The van der Waals surface area contributed by atoms with E-state index in [-0.39, 0.29) is 17.3 Å². The van der Waals surface area contributed by atoms with Gasteiger partial charge in [0, 0.05) is 28.8 Å². The van der Waals surface area contributed by atoms with E-state index in [1.165, 1.54) is 6.92 Å². The molecule has 0 bridgehead atoms. The van der Waals surface area contributed by atoms with Crippen LogP contribution in [-0.2, 0) is 13.0 Å². The topological polar surface area (TPSA) is 64.6 Å². The average molecular weight is 415 g/mol. The molecule has 0 radical (unpaired) electrons. The van der Waals surface area contributed by atoms with E-state index >= 15 is 0 Å². The van der Waals surface area contributed by atoms with Crippen LogP contribution in [0.4, 0.5) is 5.69 Å². The predicted octanol–water partition coefficient (Wildman–Crippen LogP) is 5.43. The number of rotatable bonds is 6. The van der Waals surface area contributed by atoms with Crippen LogP contribution in [-0.4, -0.2) is 17.3 Å². The average Bonchev–Trinajstić information content (AvgIpc) is 3.07. The minimum atomic E-state index is -0.232. The largest absolute Gasteiger partial charge is 0.485 e. The highest BCUT2D eigenvalue weighted by atomic mass is 16.5. The van der Waals surface area contributed by atoms with Gasteiger partial charge in [0.2, 0.25) is 0 Å². The molecular formula is C26H25NO4. The molecule has 0 saturated heterocycles. The Morgan fingerprint density at radius 1 is 1.00 bits per heavy atom. The number of para-hydroxylation sites is 1. The number of benzene rings is 3. The second-order valence-corrected chi connectivity index (χ2v) is 8.36. The number of hydrogen-bond donors (Lipinski definition) is 1. The summed E-state index contributed by atoms with van der Waals surface area (Å²) in [6.45, 7) is 6.01. The molecule has 0 fully saturated rings. The van der Waals surface area contributed by atoms with E-state index in [9.17, 15) is 9.59 Å². The van der Waals surface area contributed by atoms with Crippen molar-refractivity contribution in [3.63, 3.8) is 0 Å². The van der Waals surface area contributed by atoms with Crippen molar-refractivity contribution >= 4 is 17.4 Å². The number of amides is 1. The molecule has 4 rings (SSSR count). The molecule has 0 unspecified atom stereocenters. The van der Waals surface area contributed by atoms with E-state index in [0.29, 0.717) is 23.4 Å². The van der Waals surface area contributed by atoms with Gasteiger partial charge in [-0.3, -0.25) is 9.59 Å². The smallest absolute Gasteiger partial charge is 0.255 e. The van der Waals surface area contributed by atoms with Gasteiger partial charge in [0.25, 0.3) is 5.91 Å². The van der Waals surface area contributed by atoms with Crippen LogP contribution in [0, 0.1) is 0 Å². The number of Topliss-reactive ketones (excluding diaryl/α,β-unsaturated/α-hetero) is 1. The molecule has 1 aliphatic rings. The fourth-order valence-electron chi connectivity index (χ4n) is 3.63. The van der Waals surface area contributed by atoms with Crippen molar-refractivity contribution in [1.29, 1.82) is 0 Å². The summed E-state index contributed by atoms with van der Waals surface area (Å²) in [6.07, 6.45) is 0.860. The SMILES string of the molecule is CC(=O)c1cccc(NC(=O)c2ccc(COc3cccc4c3OC(C)(C)C4)cc2)c1. The molecule has 0 aliphatic carbocycles. The zero-order chi connectivity index (χ0) is 22.0. The first kappa shape index (κ1) is 20.7. The summed E-state index contributed by atoms with van der Waals surface area (Å²) >= 11 is 0. The number of nitrogens with one attached hydrogen (secondary N) is 1. The second-order valence-electron chi connectivity index (χ2n) is 8.36. The second kappa shape index (κ2) is 8.26. The van der Waals surface area contributed by atoms with Crippen LogP contribution in [0.3, 0.4) is 0 Å². The third-order valence-electron chi connectivity index (χ3n) is 5.19. The Hall–Kier alpha value is -3.60. The van der Waals surface area contributed by atoms with Crippen molar-refractivity contribution in [3.8, 4) is 11.5 Å². The third kappa shape index (κ3) is 4.77. The van der Waals surface area contributed by atoms with Gasteiger partial charge in [-0.2, -0.15) is 0 Å². The predicted molar refractivity (Wildman–Crippen MR) is 120 cm³/mol. The summed E-state index contributed by atoms with van der Waals surface area (Å²) in [6, 6.07) is 20.1. The molecule has 0 aromatic heterocycles. The van der Waals surface area contributed by atoms with Crippen molar-refractivity contribution in [3.05, 3.63) is 89.0 Å². The number of carbonyl (C=O) groups is 2. The van der Waals surface area contributed by atoms with Crippen LogP contribution >= 0.6 is 0 Å². The molecule has 1 heterocycles. The highest BCUT2D eigenvalue weighted by Crippen LogP contribution is 2.41. The summed E-state index contributed by atoms with van der Waals surface area (Å²) in [5.74, 6) is 1.27. The Labute approximate surface area is 182 Å². The van der Waals surface area contributed by atoms with E-state index in [1.807, 2.05) is 24.3 Å². The van der Waals surface area contributed by atoms with E-state index in [0.717, 1.165) is 29.0 Å². The minimum Gasteiger partial charge on any atom is -0.485 e. The third-order valence-corrected chi connectivity index (χ3v) is 5.19. The number of fused-ring (bicyclic) bond motifs is 1. The van der Waals surface area contributed by atoms with Crippen molar-refractivity contribution in [2.24, 2.45) is 0 Å². The van der Waals surface area contributed by atoms with E-state index in [1.54, 1.807) is 36.4 Å². The number of anilines is 1. The molecule has 1 amide bonds. The molecule has 5 nitrogen and oxygen atoms in total. The van der Waals surface area contributed by atoms with Gasteiger partial charge >= 0.3 is 0 Å². The van der Waals surface area contributed by atoms with Crippen molar-refractivity contribution < 1.29 is 19.1 Å². The van der Waals surface area contributed by atoms with E-state index in [2.05, 4.69) is 25.2 Å². The number of ketones is 1. The van der Waals surface area contributed by atoms with Crippen LogP contribution in [0.1, 0.15) is 52.6 Å². The van der Waals surface area contributed by atoms with E-state index < -0.39 is 0 Å². The Morgan fingerprint density at radius 3 is 2.48 bits per heavy atom. The lowest BCUT2D eigenvalue weighted by atomic mass is 10.0. The molecule has 158 valence electrons. The van der Waals surface area contributed by atoms with Gasteiger partial charge in [-0.1, -0.05) is 36.4 Å². The van der Waals surface area contributed by atoms with Crippen molar-refractivity contribution in [2.75, 3.05) is 5.32 Å². The van der Waals surface area contributed by atoms with Crippen LogP contribution in [0.2, 0.25) is 0 Å². The lowest BCUT2D eigenvalue weighted by molar-refractivity contribution is 0.101. The van der Waals surface area contributed by atoms with Gasteiger partial charge in [0.05, 0.1) is 0 Å². The summed E-state index contributed by atoms with van der Waals surface area (Å²) in [4.78, 5) is 24.0. The molecule has 0 saturated carbocycles. The summed E-state index contributed by atoms with van der Waals surface area (Å²) in [7, 11) is 0. The maximum Gasteiger partial charge on any atom is 0.255 e. The lowest BCUT2D eigenvalue weighted by Gasteiger charge is -2.18. The Balaban J connectivity index is 1.39. The zero-order valence-electron chi connectivity index (χ0n) is 17.9. The van der Waals surface area contributed by atoms with Gasteiger partial charge in [-0.05, 0) is 56.7 Å². The maximum atomic E-state index is 12.5.